The fourth-order valence-corrected chi connectivity index (χ4v) is 4.17. The van der Waals surface area contributed by atoms with Crippen LogP contribution in [0, 0.1) is 18.6 Å². The number of benzene rings is 1. The molecule has 2 aromatic rings. The number of halogens is 2. The van der Waals surface area contributed by atoms with E-state index in [1.165, 1.54) is 23.1 Å². The lowest BCUT2D eigenvalue weighted by Gasteiger charge is -2.09. The van der Waals surface area contributed by atoms with Crippen molar-refractivity contribution in [2.45, 2.75) is 25.0 Å². The molecule has 25 heavy (non-hydrogen) atoms. The standard InChI is InChI=1S/C16H13F2N3O2S2/c1-8-7-24-14(19-8)6-15-21-16(23)12(25-15)5-13(22)20-11-3-2-9(17)4-10(11)18/h2-4,7,12H,5-6H2,1H3,(H,20,22)/t12-/m0/s1. The Hall–Kier alpha value is -2.13. The number of nitrogens with one attached hydrogen (secondary N) is 1. The first-order chi connectivity index (χ1) is 11.9. The molecule has 1 aromatic heterocycles. The van der Waals surface area contributed by atoms with Crippen molar-refractivity contribution in [3.63, 3.8) is 0 Å². The maximum Gasteiger partial charge on any atom is 0.260 e. The number of thiazole rings is 1. The van der Waals surface area contributed by atoms with E-state index in [1.807, 2.05) is 12.3 Å². The Morgan fingerprint density at radius 2 is 2.16 bits per heavy atom. The predicted molar refractivity (Wildman–Crippen MR) is 94.0 cm³/mol. The highest BCUT2D eigenvalue weighted by molar-refractivity contribution is 8.15. The maximum absolute atomic E-state index is 13.6. The highest BCUT2D eigenvalue weighted by Crippen LogP contribution is 2.28. The van der Waals surface area contributed by atoms with Gasteiger partial charge in [0.2, 0.25) is 5.91 Å². The molecule has 0 unspecified atom stereocenters. The minimum absolute atomic E-state index is 0.124. The molecular formula is C16H13F2N3O2S2. The molecule has 0 aliphatic carbocycles. The Morgan fingerprint density at radius 1 is 1.36 bits per heavy atom. The Balaban J connectivity index is 1.56. The van der Waals surface area contributed by atoms with Crippen LogP contribution in [0.15, 0.2) is 28.6 Å². The van der Waals surface area contributed by atoms with Crippen molar-refractivity contribution in [3.05, 3.63) is 45.9 Å². The number of rotatable bonds is 5. The fourth-order valence-electron chi connectivity index (χ4n) is 2.22. The van der Waals surface area contributed by atoms with Gasteiger partial charge in [-0.15, -0.1) is 11.3 Å². The molecular weight excluding hydrogens is 368 g/mol. The first kappa shape index (κ1) is 17.7. The zero-order chi connectivity index (χ0) is 18.0. The summed E-state index contributed by atoms with van der Waals surface area (Å²) in [5.74, 6) is -2.51. The number of anilines is 1. The van der Waals surface area contributed by atoms with E-state index < -0.39 is 22.8 Å². The molecule has 1 aliphatic heterocycles. The summed E-state index contributed by atoms with van der Waals surface area (Å²) >= 11 is 2.71. The van der Waals surface area contributed by atoms with E-state index in [9.17, 15) is 18.4 Å². The fraction of sp³-hybridized carbons (Fsp3) is 0.250. The summed E-state index contributed by atoms with van der Waals surface area (Å²) in [4.78, 5) is 32.3. The molecule has 1 N–H and O–H groups in total. The zero-order valence-electron chi connectivity index (χ0n) is 13.1. The Bertz CT molecular complexity index is 867. The van der Waals surface area contributed by atoms with Crippen LogP contribution >= 0.6 is 23.1 Å². The first-order valence-electron chi connectivity index (χ1n) is 7.34. The van der Waals surface area contributed by atoms with Crippen LogP contribution < -0.4 is 5.32 Å². The molecule has 1 aromatic carbocycles. The van der Waals surface area contributed by atoms with E-state index in [4.69, 9.17) is 0 Å². The van der Waals surface area contributed by atoms with Gasteiger partial charge in [0.1, 0.15) is 16.9 Å². The van der Waals surface area contributed by atoms with Crippen LogP contribution in [0.1, 0.15) is 17.1 Å². The number of carbonyl (C=O) groups is 2. The monoisotopic (exact) mass is 381 g/mol. The van der Waals surface area contributed by atoms with Gasteiger partial charge in [-0.25, -0.2) is 18.8 Å². The van der Waals surface area contributed by atoms with Crippen molar-refractivity contribution in [2.75, 3.05) is 5.32 Å². The van der Waals surface area contributed by atoms with Crippen molar-refractivity contribution in [3.8, 4) is 0 Å². The first-order valence-corrected chi connectivity index (χ1v) is 9.10. The van der Waals surface area contributed by atoms with Gasteiger partial charge in [0, 0.05) is 30.0 Å². The number of aromatic nitrogens is 1. The molecule has 1 atom stereocenters. The molecule has 0 spiro atoms. The second kappa shape index (κ2) is 7.40. The lowest BCUT2D eigenvalue weighted by molar-refractivity contribution is -0.121. The third-order valence-electron chi connectivity index (χ3n) is 3.33. The zero-order valence-corrected chi connectivity index (χ0v) is 14.7. The van der Waals surface area contributed by atoms with Crippen LogP contribution in [0.5, 0.6) is 0 Å². The van der Waals surface area contributed by atoms with E-state index in [0.29, 0.717) is 17.5 Å². The van der Waals surface area contributed by atoms with Crippen molar-refractivity contribution in [2.24, 2.45) is 4.99 Å². The summed E-state index contributed by atoms with van der Waals surface area (Å²) in [5, 5.41) is 5.09. The number of carbonyl (C=O) groups excluding carboxylic acids is 2. The molecule has 0 saturated carbocycles. The van der Waals surface area contributed by atoms with E-state index in [0.717, 1.165) is 22.8 Å². The second-order valence-corrected chi connectivity index (χ2v) is 7.60. The van der Waals surface area contributed by atoms with Gasteiger partial charge in [-0.05, 0) is 19.1 Å². The molecule has 5 nitrogen and oxygen atoms in total. The maximum atomic E-state index is 13.6. The minimum atomic E-state index is -0.866. The van der Waals surface area contributed by atoms with Crippen molar-refractivity contribution < 1.29 is 18.4 Å². The van der Waals surface area contributed by atoms with Gasteiger partial charge in [0.15, 0.2) is 0 Å². The number of thioether (sulfide) groups is 1. The van der Waals surface area contributed by atoms with E-state index in [1.54, 1.807) is 0 Å². The highest BCUT2D eigenvalue weighted by atomic mass is 32.2. The van der Waals surface area contributed by atoms with Gasteiger partial charge in [-0.3, -0.25) is 9.59 Å². The third-order valence-corrected chi connectivity index (χ3v) is 5.46. The van der Waals surface area contributed by atoms with Crippen LogP contribution in [-0.2, 0) is 16.0 Å². The van der Waals surface area contributed by atoms with Crippen LogP contribution in [0.25, 0.3) is 0 Å². The van der Waals surface area contributed by atoms with Gasteiger partial charge in [-0.1, -0.05) is 11.8 Å². The SMILES string of the molecule is Cc1csc(CC2=NC(=O)[C@H](CC(=O)Nc3ccc(F)cc3F)S2)n1. The molecule has 130 valence electrons. The lowest BCUT2D eigenvalue weighted by atomic mass is 10.2. The Morgan fingerprint density at radius 3 is 2.84 bits per heavy atom. The highest BCUT2D eigenvalue weighted by Gasteiger charge is 2.30. The van der Waals surface area contributed by atoms with Gasteiger partial charge in [0.05, 0.1) is 15.7 Å². The second-order valence-electron chi connectivity index (χ2n) is 5.39. The summed E-state index contributed by atoms with van der Waals surface area (Å²) in [6.07, 6.45) is 0.323. The molecule has 9 heteroatoms. The number of aryl methyl sites for hydroxylation is 1. The third kappa shape index (κ3) is 4.49. The summed E-state index contributed by atoms with van der Waals surface area (Å²) in [5.41, 5.74) is 0.786. The molecule has 3 rings (SSSR count). The largest absolute Gasteiger partial charge is 0.324 e. The van der Waals surface area contributed by atoms with Gasteiger partial charge in [0.25, 0.3) is 5.91 Å². The Labute approximate surface area is 150 Å². The van der Waals surface area contributed by atoms with Crippen molar-refractivity contribution >= 4 is 45.6 Å². The topological polar surface area (TPSA) is 71.4 Å². The van der Waals surface area contributed by atoms with Crippen LogP contribution in [0.3, 0.4) is 0 Å². The van der Waals surface area contributed by atoms with E-state index in [-0.39, 0.29) is 18.0 Å². The molecule has 2 amide bonds. The summed E-state index contributed by atoms with van der Waals surface area (Å²) in [6.45, 7) is 1.89. The predicted octanol–water partition coefficient (Wildman–Crippen LogP) is 3.34. The van der Waals surface area contributed by atoms with E-state index >= 15 is 0 Å². The van der Waals surface area contributed by atoms with Gasteiger partial charge < -0.3 is 5.32 Å². The number of aliphatic imine (C=N–C) groups is 1. The van der Waals surface area contributed by atoms with Crippen molar-refractivity contribution in [1.82, 2.24) is 4.98 Å². The van der Waals surface area contributed by atoms with E-state index in [2.05, 4.69) is 15.3 Å². The van der Waals surface area contributed by atoms with Crippen LogP contribution in [0.2, 0.25) is 0 Å². The molecule has 1 aliphatic rings. The number of hydrogen-bond acceptors (Lipinski definition) is 5. The Kier molecular flexibility index (Phi) is 5.24. The summed E-state index contributed by atoms with van der Waals surface area (Å²) in [7, 11) is 0. The summed E-state index contributed by atoms with van der Waals surface area (Å²) < 4.78 is 26.4. The van der Waals surface area contributed by atoms with Crippen molar-refractivity contribution in [1.29, 1.82) is 0 Å². The molecule has 0 saturated heterocycles. The number of nitrogens with zero attached hydrogens (tertiary/aromatic N) is 2. The van der Waals surface area contributed by atoms with Gasteiger partial charge >= 0.3 is 0 Å². The molecule has 0 fully saturated rings. The minimum Gasteiger partial charge on any atom is -0.324 e. The normalized spacial score (nSPS) is 16.8. The quantitative estimate of drug-likeness (QED) is 0.862. The smallest absolute Gasteiger partial charge is 0.260 e. The van der Waals surface area contributed by atoms with Gasteiger partial charge in [-0.2, -0.15) is 0 Å². The molecule has 2 heterocycles. The number of amides is 2. The molecule has 0 radical (unpaired) electrons. The van der Waals surface area contributed by atoms with Crippen LogP contribution in [-0.4, -0.2) is 27.1 Å². The molecule has 0 bridgehead atoms. The number of hydrogen-bond donors (Lipinski definition) is 1. The van der Waals surface area contributed by atoms with Crippen LogP contribution in [0.4, 0.5) is 14.5 Å². The average molecular weight is 381 g/mol. The average Bonchev–Trinajstić information content (AvgIpc) is 3.08. The summed E-state index contributed by atoms with van der Waals surface area (Å²) in [6, 6.07) is 2.87. The lowest BCUT2D eigenvalue weighted by Crippen LogP contribution is -2.21.